The lowest BCUT2D eigenvalue weighted by molar-refractivity contribution is -0.170. The molecule has 6 atom stereocenters. The first-order chi connectivity index (χ1) is 13.0. The third kappa shape index (κ3) is 2.57. The number of ether oxygens (including phenoxy) is 1. The van der Waals surface area contributed by atoms with Gasteiger partial charge in [-0.05, 0) is 87.5 Å². The van der Waals surface area contributed by atoms with E-state index in [9.17, 15) is 4.79 Å². The first-order valence-corrected chi connectivity index (χ1v) is 10.6. The molecule has 0 aromatic rings. The maximum Gasteiger partial charge on any atom is 0.304 e. The van der Waals surface area contributed by atoms with E-state index in [0.29, 0.717) is 23.7 Å². The van der Waals surface area contributed by atoms with E-state index in [0.717, 1.165) is 57.1 Å². The van der Waals surface area contributed by atoms with Crippen molar-refractivity contribution >= 4 is 11.7 Å². The maximum absolute atomic E-state index is 11.9. The van der Waals surface area contributed by atoms with Gasteiger partial charge in [-0.2, -0.15) is 0 Å². The van der Waals surface area contributed by atoms with Crippen molar-refractivity contribution in [2.75, 3.05) is 0 Å². The molecule has 4 aliphatic carbocycles. The van der Waals surface area contributed by atoms with Crippen molar-refractivity contribution in [1.29, 1.82) is 0 Å². The van der Waals surface area contributed by atoms with Crippen LogP contribution < -0.4 is 0 Å². The average molecular weight is 370 g/mol. The van der Waals surface area contributed by atoms with Gasteiger partial charge in [0, 0.05) is 12.3 Å². The van der Waals surface area contributed by atoms with Gasteiger partial charge < -0.3 is 9.94 Å². The average Bonchev–Trinajstić information content (AvgIpc) is 3.01. The second kappa shape index (κ2) is 6.69. The van der Waals surface area contributed by atoms with Crippen molar-refractivity contribution in [3.05, 3.63) is 11.6 Å². The number of terminal acetylenes is 1. The molecule has 0 aromatic heterocycles. The Kier molecular flexibility index (Phi) is 4.61. The van der Waals surface area contributed by atoms with Gasteiger partial charge >= 0.3 is 5.97 Å². The highest BCUT2D eigenvalue weighted by atomic mass is 16.6. The van der Waals surface area contributed by atoms with Gasteiger partial charge in [-0.15, -0.1) is 6.42 Å². The highest BCUT2D eigenvalue weighted by molar-refractivity contribution is 5.96. The Morgan fingerprint density at radius 3 is 2.78 bits per heavy atom. The molecule has 0 heterocycles. The second-order valence-corrected chi connectivity index (χ2v) is 9.08. The standard InChI is InChI=1S/C23H31NO3/c1-4-22-12-10-19-18-9-7-17(24-26)14-16(18)6-8-20(19)21(22)11-13-23(22,5-2)27-15(3)25/h2,14,18-21,26H,4,6-13H2,1,3H3/b24-17-/t18?,19?,20?,21?,22-,23-/m0/s1. The second-order valence-electron chi connectivity index (χ2n) is 9.08. The zero-order chi connectivity index (χ0) is 19.2. The van der Waals surface area contributed by atoms with Gasteiger partial charge in [0.25, 0.3) is 0 Å². The third-order valence-electron chi connectivity index (χ3n) is 8.45. The molecule has 4 aliphatic rings. The molecule has 0 amide bonds. The number of nitrogens with zero attached hydrogens (tertiary/aromatic N) is 1. The summed E-state index contributed by atoms with van der Waals surface area (Å²) in [5.41, 5.74) is 1.53. The van der Waals surface area contributed by atoms with Gasteiger partial charge in [-0.1, -0.05) is 23.6 Å². The van der Waals surface area contributed by atoms with Gasteiger partial charge in [-0.25, -0.2) is 0 Å². The minimum absolute atomic E-state index is 0.0673. The van der Waals surface area contributed by atoms with Crippen molar-refractivity contribution in [2.24, 2.45) is 34.2 Å². The molecule has 0 spiro atoms. The number of allylic oxidation sites excluding steroid dienone is 2. The number of hydrogen-bond donors (Lipinski definition) is 1. The monoisotopic (exact) mass is 369 g/mol. The third-order valence-corrected chi connectivity index (χ3v) is 8.45. The zero-order valence-electron chi connectivity index (χ0n) is 16.5. The van der Waals surface area contributed by atoms with Gasteiger partial charge in [0.1, 0.15) is 0 Å². The summed E-state index contributed by atoms with van der Waals surface area (Å²) in [4.78, 5) is 11.9. The van der Waals surface area contributed by atoms with E-state index in [-0.39, 0.29) is 11.4 Å². The van der Waals surface area contributed by atoms with E-state index in [1.54, 1.807) is 0 Å². The molecule has 0 saturated heterocycles. The smallest absolute Gasteiger partial charge is 0.304 e. The van der Waals surface area contributed by atoms with E-state index in [1.807, 2.05) is 0 Å². The lowest BCUT2D eigenvalue weighted by atomic mass is 9.49. The van der Waals surface area contributed by atoms with E-state index in [4.69, 9.17) is 16.4 Å². The number of hydrogen-bond acceptors (Lipinski definition) is 4. The predicted octanol–water partition coefficient (Wildman–Crippen LogP) is 4.71. The van der Waals surface area contributed by atoms with Crippen molar-refractivity contribution in [3.63, 3.8) is 0 Å². The lowest BCUT2D eigenvalue weighted by Crippen LogP contribution is -2.55. The molecule has 0 bridgehead atoms. The lowest BCUT2D eigenvalue weighted by Gasteiger charge is -2.56. The Morgan fingerprint density at radius 1 is 1.30 bits per heavy atom. The molecule has 0 radical (unpaired) electrons. The van der Waals surface area contributed by atoms with Crippen molar-refractivity contribution in [2.45, 2.75) is 77.2 Å². The fraction of sp³-hybridized carbons (Fsp3) is 0.739. The molecule has 1 N–H and O–H groups in total. The highest BCUT2D eigenvalue weighted by Crippen LogP contribution is 2.67. The first-order valence-electron chi connectivity index (χ1n) is 10.6. The highest BCUT2D eigenvalue weighted by Gasteiger charge is 2.65. The summed E-state index contributed by atoms with van der Waals surface area (Å²) in [6.07, 6.45) is 17.5. The summed E-state index contributed by atoms with van der Waals surface area (Å²) in [5.74, 6) is 5.25. The summed E-state index contributed by atoms with van der Waals surface area (Å²) >= 11 is 0. The Balaban J connectivity index is 1.66. The summed E-state index contributed by atoms with van der Waals surface area (Å²) in [5, 5.41) is 12.6. The largest absolute Gasteiger partial charge is 0.445 e. The molecule has 4 heteroatoms. The Hall–Kier alpha value is -1.76. The van der Waals surface area contributed by atoms with Crippen LogP contribution in [0.25, 0.3) is 0 Å². The predicted molar refractivity (Wildman–Crippen MR) is 104 cm³/mol. The van der Waals surface area contributed by atoms with E-state index in [1.165, 1.54) is 18.9 Å². The number of oxime groups is 1. The topological polar surface area (TPSA) is 58.9 Å². The summed E-state index contributed by atoms with van der Waals surface area (Å²) in [6.45, 7) is 3.72. The van der Waals surface area contributed by atoms with Crippen LogP contribution in [0.4, 0.5) is 0 Å². The summed E-state index contributed by atoms with van der Waals surface area (Å²) < 4.78 is 5.90. The molecule has 4 rings (SSSR count). The molecule has 3 fully saturated rings. The molecular formula is C23H31NO3. The maximum atomic E-state index is 11.9. The first kappa shape index (κ1) is 18.6. The van der Waals surface area contributed by atoms with Crippen LogP contribution in [-0.4, -0.2) is 22.5 Å². The van der Waals surface area contributed by atoms with Crippen LogP contribution >= 0.6 is 0 Å². The van der Waals surface area contributed by atoms with Gasteiger partial charge in [0.2, 0.25) is 0 Å². The fourth-order valence-corrected chi connectivity index (χ4v) is 7.45. The number of fused-ring (bicyclic) bond motifs is 5. The Morgan fingerprint density at radius 2 is 2.11 bits per heavy atom. The molecule has 146 valence electrons. The van der Waals surface area contributed by atoms with Crippen molar-refractivity contribution in [3.8, 4) is 12.3 Å². The Labute approximate surface area is 162 Å². The fourth-order valence-electron chi connectivity index (χ4n) is 7.45. The molecule has 4 unspecified atom stereocenters. The van der Waals surface area contributed by atoms with Crippen LogP contribution in [-0.2, 0) is 9.53 Å². The summed E-state index contributed by atoms with van der Waals surface area (Å²) in [7, 11) is 0. The van der Waals surface area contributed by atoms with Crippen LogP contribution in [0.1, 0.15) is 71.6 Å². The molecular weight excluding hydrogens is 338 g/mol. The van der Waals surface area contributed by atoms with Crippen LogP contribution in [0.5, 0.6) is 0 Å². The summed E-state index contributed by atoms with van der Waals surface area (Å²) in [6, 6.07) is 0. The van der Waals surface area contributed by atoms with Gasteiger partial charge in [0.15, 0.2) is 5.60 Å². The van der Waals surface area contributed by atoms with Crippen LogP contribution in [0.15, 0.2) is 16.8 Å². The molecule has 0 aliphatic heterocycles. The number of carbonyl (C=O) groups excluding carboxylic acids is 1. The van der Waals surface area contributed by atoms with Gasteiger partial charge in [0.05, 0.1) is 5.71 Å². The minimum atomic E-state index is -0.720. The number of esters is 1. The van der Waals surface area contributed by atoms with E-state index < -0.39 is 5.60 Å². The molecule has 4 nitrogen and oxygen atoms in total. The molecule has 27 heavy (non-hydrogen) atoms. The van der Waals surface area contributed by atoms with Crippen LogP contribution in [0.3, 0.4) is 0 Å². The van der Waals surface area contributed by atoms with E-state index >= 15 is 0 Å². The quantitative estimate of drug-likeness (QED) is 0.332. The molecule has 0 aromatic carbocycles. The minimum Gasteiger partial charge on any atom is -0.445 e. The number of rotatable bonds is 2. The molecule has 3 saturated carbocycles. The normalized spacial score (nSPS) is 44.5. The van der Waals surface area contributed by atoms with Crippen molar-refractivity contribution < 1.29 is 14.7 Å². The van der Waals surface area contributed by atoms with Crippen LogP contribution in [0.2, 0.25) is 0 Å². The van der Waals surface area contributed by atoms with Crippen LogP contribution in [0, 0.1) is 41.4 Å². The van der Waals surface area contributed by atoms with Crippen molar-refractivity contribution in [1.82, 2.24) is 0 Å². The Bertz CT molecular complexity index is 732. The van der Waals surface area contributed by atoms with Gasteiger partial charge in [-0.3, -0.25) is 4.79 Å². The van der Waals surface area contributed by atoms with E-state index in [2.05, 4.69) is 24.1 Å². The SMILES string of the molecule is C#C[C@]1(OC(C)=O)CCC2C3CCC4=C/C(=N\O)CCC4C3CC[C@@]21CC. The zero-order valence-corrected chi connectivity index (χ0v) is 16.5. The number of carbonyl (C=O) groups is 1.